The minimum absolute atomic E-state index is 0.217. The zero-order chi connectivity index (χ0) is 10.9. The lowest BCUT2D eigenvalue weighted by Crippen LogP contribution is -2.45. The number of benzene rings is 1. The van der Waals surface area contributed by atoms with Crippen LogP contribution in [0.25, 0.3) is 0 Å². The molecule has 2 atom stereocenters. The fourth-order valence-corrected chi connectivity index (χ4v) is 5.20. The Kier molecular flexibility index (Phi) is 2.80. The highest BCUT2D eigenvalue weighted by molar-refractivity contribution is 6.91. The molecule has 0 saturated heterocycles. The predicted molar refractivity (Wildman–Crippen MR) is 67.1 cm³/mol. The van der Waals surface area contributed by atoms with Crippen LogP contribution in [-0.2, 0) is 0 Å². The van der Waals surface area contributed by atoms with Crippen LogP contribution in [0.2, 0.25) is 18.6 Å². The lowest BCUT2D eigenvalue weighted by molar-refractivity contribution is 0.222. The monoisotopic (exact) mass is 218 g/mol. The summed E-state index contributed by atoms with van der Waals surface area (Å²) >= 11 is 0. The average Bonchev–Trinajstić information content (AvgIpc) is 2.67. The molecule has 0 amide bonds. The summed E-state index contributed by atoms with van der Waals surface area (Å²) in [6.45, 7) is 4.77. The summed E-state index contributed by atoms with van der Waals surface area (Å²) in [5, 5.41) is 11.0. The molecule has 1 aliphatic carbocycles. The maximum atomic E-state index is 9.55. The SMILES string of the molecule is C[Si](C)(c1ccccc1)[C@@H]1C=C[C@@H](O)C1. The van der Waals surface area contributed by atoms with E-state index in [1.165, 1.54) is 5.19 Å². The molecule has 0 saturated carbocycles. The Morgan fingerprint density at radius 3 is 2.33 bits per heavy atom. The molecule has 1 nitrogen and oxygen atoms in total. The Balaban J connectivity index is 2.24. The second-order valence-electron chi connectivity index (χ2n) is 4.88. The van der Waals surface area contributed by atoms with Crippen molar-refractivity contribution in [3.05, 3.63) is 42.5 Å². The van der Waals surface area contributed by atoms with Gasteiger partial charge in [0.1, 0.15) is 0 Å². The molecule has 2 heteroatoms. The molecular formula is C13H18OSi. The van der Waals surface area contributed by atoms with Crippen LogP contribution in [0.3, 0.4) is 0 Å². The average molecular weight is 218 g/mol. The highest BCUT2D eigenvalue weighted by atomic mass is 28.3. The van der Waals surface area contributed by atoms with Crippen LogP contribution in [0.1, 0.15) is 6.42 Å². The predicted octanol–water partition coefficient (Wildman–Crippen LogP) is 2.29. The van der Waals surface area contributed by atoms with Crippen LogP contribution in [0.5, 0.6) is 0 Å². The van der Waals surface area contributed by atoms with Gasteiger partial charge in [0.15, 0.2) is 0 Å². The molecule has 0 aliphatic heterocycles. The summed E-state index contributed by atoms with van der Waals surface area (Å²) in [5.41, 5.74) is 0.579. The molecule has 1 aromatic carbocycles. The number of hydrogen-bond acceptors (Lipinski definition) is 1. The fraction of sp³-hybridized carbons (Fsp3) is 0.385. The van der Waals surface area contributed by atoms with Gasteiger partial charge in [0.05, 0.1) is 14.2 Å². The number of aliphatic hydroxyl groups excluding tert-OH is 1. The van der Waals surface area contributed by atoms with Crippen LogP contribution in [-0.4, -0.2) is 19.3 Å². The molecule has 0 aromatic heterocycles. The second-order valence-corrected chi connectivity index (χ2v) is 9.64. The molecule has 15 heavy (non-hydrogen) atoms. The van der Waals surface area contributed by atoms with Crippen molar-refractivity contribution in [1.82, 2.24) is 0 Å². The van der Waals surface area contributed by atoms with Gasteiger partial charge >= 0.3 is 0 Å². The topological polar surface area (TPSA) is 20.2 Å². The third-order valence-corrected chi connectivity index (χ3v) is 7.61. The summed E-state index contributed by atoms with van der Waals surface area (Å²) in [4.78, 5) is 0. The third kappa shape index (κ3) is 2.06. The van der Waals surface area contributed by atoms with E-state index in [9.17, 15) is 5.11 Å². The van der Waals surface area contributed by atoms with Crippen LogP contribution >= 0.6 is 0 Å². The first-order valence-electron chi connectivity index (χ1n) is 5.52. The summed E-state index contributed by atoms with van der Waals surface area (Å²) < 4.78 is 0. The lowest BCUT2D eigenvalue weighted by Gasteiger charge is -2.29. The molecular weight excluding hydrogens is 200 g/mol. The van der Waals surface area contributed by atoms with E-state index in [0.717, 1.165) is 6.42 Å². The van der Waals surface area contributed by atoms with Crippen molar-refractivity contribution in [2.75, 3.05) is 0 Å². The number of aliphatic hydroxyl groups is 1. The van der Waals surface area contributed by atoms with Crippen LogP contribution in [0.15, 0.2) is 42.5 Å². The van der Waals surface area contributed by atoms with Crippen LogP contribution in [0.4, 0.5) is 0 Å². The Bertz CT molecular complexity index is 356. The first kappa shape index (κ1) is 10.6. The Hall–Kier alpha value is -0.863. The normalized spacial score (nSPS) is 25.8. The number of hydrogen-bond donors (Lipinski definition) is 1. The molecule has 1 aromatic rings. The molecule has 80 valence electrons. The van der Waals surface area contributed by atoms with Gasteiger partial charge in [-0.25, -0.2) is 0 Å². The zero-order valence-corrected chi connectivity index (χ0v) is 10.4. The van der Waals surface area contributed by atoms with Crippen molar-refractivity contribution < 1.29 is 5.11 Å². The molecule has 0 fully saturated rings. The van der Waals surface area contributed by atoms with Gasteiger partial charge in [0, 0.05) is 0 Å². The highest BCUT2D eigenvalue weighted by Crippen LogP contribution is 2.33. The molecule has 0 heterocycles. The minimum atomic E-state index is -1.43. The maximum Gasteiger partial charge on any atom is 0.0874 e. The maximum absolute atomic E-state index is 9.55. The largest absolute Gasteiger partial charge is 0.389 e. The van der Waals surface area contributed by atoms with Crippen LogP contribution < -0.4 is 5.19 Å². The van der Waals surface area contributed by atoms with E-state index >= 15 is 0 Å². The third-order valence-electron chi connectivity index (χ3n) is 3.51. The highest BCUT2D eigenvalue weighted by Gasteiger charge is 2.35. The number of allylic oxidation sites excluding steroid dienone is 1. The van der Waals surface area contributed by atoms with Crippen molar-refractivity contribution in [2.45, 2.75) is 31.2 Å². The molecule has 0 bridgehead atoms. The molecule has 0 radical (unpaired) electrons. The van der Waals surface area contributed by atoms with Gasteiger partial charge in [-0.2, -0.15) is 0 Å². The van der Waals surface area contributed by atoms with Gasteiger partial charge in [0.25, 0.3) is 0 Å². The van der Waals surface area contributed by atoms with Crippen molar-refractivity contribution in [2.24, 2.45) is 0 Å². The van der Waals surface area contributed by atoms with E-state index in [0.29, 0.717) is 5.54 Å². The minimum Gasteiger partial charge on any atom is -0.389 e. The Morgan fingerprint density at radius 1 is 1.13 bits per heavy atom. The van der Waals surface area contributed by atoms with Crippen molar-refractivity contribution >= 4 is 13.3 Å². The first-order valence-corrected chi connectivity index (χ1v) is 8.60. The quantitative estimate of drug-likeness (QED) is 0.596. The molecule has 0 unspecified atom stereocenters. The standard InChI is InChI=1S/C13H18OSi/c1-15(2,12-6-4-3-5-7-12)13-9-8-11(14)10-13/h3-9,11,13-14H,10H2,1-2H3/t11-,13-/m1/s1. The summed E-state index contributed by atoms with van der Waals surface area (Å²) in [6, 6.07) is 10.7. The van der Waals surface area contributed by atoms with E-state index in [4.69, 9.17) is 0 Å². The van der Waals surface area contributed by atoms with E-state index in [1.807, 2.05) is 6.08 Å². The van der Waals surface area contributed by atoms with Gasteiger partial charge in [-0.1, -0.05) is 60.8 Å². The van der Waals surface area contributed by atoms with E-state index in [2.05, 4.69) is 49.5 Å². The smallest absolute Gasteiger partial charge is 0.0874 e. The van der Waals surface area contributed by atoms with E-state index in [1.54, 1.807) is 0 Å². The molecule has 2 rings (SSSR count). The summed E-state index contributed by atoms with van der Waals surface area (Å²) in [6.07, 6.45) is 4.85. The fourth-order valence-electron chi connectivity index (χ4n) is 2.30. The van der Waals surface area contributed by atoms with Gasteiger partial charge in [0.2, 0.25) is 0 Å². The van der Waals surface area contributed by atoms with E-state index < -0.39 is 8.07 Å². The first-order chi connectivity index (χ1) is 7.10. The molecule has 1 N–H and O–H groups in total. The van der Waals surface area contributed by atoms with Gasteiger partial charge < -0.3 is 5.11 Å². The van der Waals surface area contributed by atoms with Crippen LogP contribution in [0, 0.1) is 0 Å². The zero-order valence-electron chi connectivity index (χ0n) is 9.35. The summed E-state index contributed by atoms with van der Waals surface area (Å²) in [5.74, 6) is 0. The second kappa shape index (κ2) is 3.95. The van der Waals surface area contributed by atoms with E-state index in [-0.39, 0.29) is 6.10 Å². The number of rotatable bonds is 2. The van der Waals surface area contributed by atoms with Crippen molar-refractivity contribution in [3.8, 4) is 0 Å². The summed E-state index contributed by atoms with van der Waals surface area (Å²) in [7, 11) is -1.43. The van der Waals surface area contributed by atoms with Gasteiger partial charge in [-0.3, -0.25) is 0 Å². The Labute approximate surface area is 92.5 Å². The molecule has 0 spiro atoms. The van der Waals surface area contributed by atoms with Gasteiger partial charge in [-0.15, -0.1) is 0 Å². The molecule has 1 aliphatic rings. The van der Waals surface area contributed by atoms with Gasteiger partial charge in [-0.05, 0) is 12.0 Å². The Morgan fingerprint density at radius 2 is 1.80 bits per heavy atom. The van der Waals surface area contributed by atoms with Crippen molar-refractivity contribution in [3.63, 3.8) is 0 Å². The lowest BCUT2D eigenvalue weighted by atomic mass is 10.3. The van der Waals surface area contributed by atoms with Crippen molar-refractivity contribution in [1.29, 1.82) is 0 Å².